The van der Waals surface area contributed by atoms with E-state index >= 15 is 0 Å². The van der Waals surface area contributed by atoms with E-state index < -0.39 is 0 Å². The first-order chi connectivity index (χ1) is 9.24. The molecule has 1 fully saturated rings. The van der Waals surface area contributed by atoms with E-state index in [-0.39, 0.29) is 11.9 Å². The summed E-state index contributed by atoms with van der Waals surface area (Å²) in [5, 5.41) is 0. The average Bonchev–Trinajstić information content (AvgIpc) is 2.47. The number of hydrogen-bond donors (Lipinski definition) is 0. The molecule has 1 aliphatic rings. The van der Waals surface area contributed by atoms with Crippen molar-refractivity contribution in [2.75, 3.05) is 32.8 Å². The van der Waals surface area contributed by atoms with Gasteiger partial charge in [-0.3, -0.25) is 9.69 Å². The third kappa shape index (κ3) is 3.55. The zero-order valence-corrected chi connectivity index (χ0v) is 11.6. The fraction of sp³-hybridized carbons (Fsp3) is 0.533. The summed E-state index contributed by atoms with van der Waals surface area (Å²) in [6, 6.07) is 7.32. The number of nitrogens with zero attached hydrogens (tertiary/aromatic N) is 1. The molecule has 0 radical (unpaired) electrons. The van der Waals surface area contributed by atoms with Gasteiger partial charge in [0.2, 0.25) is 0 Å². The van der Waals surface area contributed by atoms with E-state index in [9.17, 15) is 4.79 Å². The summed E-state index contributed by atoms with van der Waals surface area (Å²) in [6.07, 6.45) is -0.356. The third-order valence-electron chi connectivity index (χ3n) is 3.32. The van der Waals surface area contributed by atoms with E-state index in [0.717, 1.165) is 18.8 Å². The van der Waals surface area contributed by atoms with E-state index in [1.54, 1.807) is 6.07 Å². The molecule has 1 aromatic rings. The van der Waals surface area contributed by atoms with Crippen molar-refractivity contribution >= 4 is 5.78 Å². The van der Waals surface area contributed by atoms with Crippen LogP contribution in [0.4, 0.5) is 0 Å². The topological polar surface area (TPSA) is 38.8 Å². The molecule has 1 heterocycles. The Balaban J connectivity index is 2.08. The monoisotopic (exact) mass is 263 g/mol. The summed E-state index contributed by atoms with van der Waals surface area (Å²) in [6.45, 7) is 7.77. The lowest BCUT2D eigenvalue weighted by atomic mass is 10.0. The van der Waals surface area contributed by atoms with Crippen LogP contribution in [0.5, 0.6) is 5.75 Å². The van der Waals surface area contributed by atoms with Gasteiger partial charge in [0.25, 0.3) is 0 Å². The third-order valence-corrected chi connectivity index (χ3v) is 3.32. The predicted molar refractivity (Wildman–Crippen MR) is 73.8 cm³/mol. The van der Waals surface area contributed by atoms with Crippen LogP contribution in [-0.4, -0.2) is 49.6 Å². The van der Waals surface area contributed by atoms with Crippen LogP contribution in [0.1, 0.15) is 24.2 Å². The number of benzene rings is 1. The molecule has 4 nitrogen and oxygen atoms in total. The molecule has 0 bridgehead atoms. The van der Waals surface area contributed by atoms with Crippen molar-refractivity contribution < 1.29 is 14.3 Å². The van der Waals surface area contributed by atoms with Crippen LogP contribution < -0.4 is 4.74 Å². The quantitative estimate of drug-likeness (QED) is 0.762. The Morgan fingerprint density at radius 2 is 2.32 bits per heavy atom. The standard InChI is InChI=1S/C15H21NO3/c1-3-16-8-9-19-14(11-16)15(17)12-6-5-7-13(10-12)18-4-2/h5-7,10,14H,3-4,8-9,11H2,1-2H3. The summed E-state index contributed by atoms with van der Waals surface area (Å²) in [7, 11) is 0. The minimum Gasteiger partial charge on any atom is -0.494 e. The number of carbonyl (C=O) groups is 1. The van der Waals surface area contributed by atoms with Gasteiger partial charge in [-0.15, -0.1) is 0 Å². The Labute approximate surface area is 114 Å². The minimum absolute atomic E-state index is 0.0414. The molecule has 0 spiro atoms. The molecule has 1 atom stereocenters. The molecule has 104 valence electrons. The van der Waals surface area contributed by atoms with Gasteiger partial charge in [0, 0.05) is 18.7 Å². The molecule has 1 saturated heterocycles. The fourth-order valence-electron chi connectivity index (χ4n) is 2.24. The van der Waals surface area contributed by atoms with E-state index in [0.29, 0.717) is 25.3 Å². The fourth-order valence-corrected chi connectivity index (χ4v) is 2.24. The highest BCUT2D eigenvalue weighted by atomic mass is 16.5. The summed E-state index contributed by atoms with van der Waals surface area (Å²) in [4.78, 5) is 14.6. The van der Waals surface area contributed by atoms with Crippen LogP contribution in [0.2, 0.25) is 0 Å². The van der Waals surface area contributed by atoms with Gasteiger partial charge in [-0.2, -0.15) is 0 Å². The maximum atomic E-state index is 12.4. The van der Waals surface area contributed by atoms with E-state index in [1.165, 1.54) is 0 Å². The van der Waals surface area contributed by atoms with Gasteiger partial charge >= 0.3 is 0 Å². The molecule has 2 rings (SSSR count). The van der Waals surface area contributed by atoms with Gasteiger partial charge < -0.3 is 9.47 Å². The van der Waals surface area contributed by atoms with Crippen LogP contribution in [-0.2, 0) is 4.74 Å². The van der Waals surface area contributed by atoms with Gasteiger partial charge in [-0.05, 0) is 25.6 Å². The van der Waals surface area contributed by atoms with Crippen molar-refractivity contribution in [2.45, 2.75) is 20.0 Å². The molecule has 19 heavy (non-hydrogen) atoms. The number of hydrogen-bond acceptors (Lipinski definition) is 4. The normalized spacial score (nSPS) is 20.2. The zero-order valence-electron chi connectivity index (χ0n) is 11.6. The van der Waals surface area contributed by atoms with Crippen molar-refractivity contribution in [3.63, 3.8) is 0 Å². The number of likely N-dealkylation sites (N-methyl/N-ethyl adjacent to an activating group) is 1. The van der Waals surface area contributed by atoms with Gasteiger partial charge in [-0.25, -0.2) is 0 Å². The van der Waals surface area contributed by atoms with Crippen molar-refractivity contribution in [1.29, 1.82) is 0 Å². The number of Topliss-reactive ketones (excluding diaryl/α,β-unsaturated/α-hetero) is 1. The number of rotatable bonds is 5. The first kappa shape index (κ1) is 14.0. The van der Waals surface area contributed by atoms with Crippen molar-refractivity contribution in [2.24, 2.45) is 0 Å². The molecular formula is C15H21NO3. The SMILES string of the molecule is CCOc1cccc(C(=O)C2CN(CC)CCO2)c1. The van der Waals surface area contributed by atoms with Crippen LogP contribution in [0.15, 0.2) is 24.3 Å². The zero-order chi connectivity index (χ0) is 13.7. The second kappa shape index (κ2) is 6.68. The number of carbonyl (C=O) groups excluding carboxylic acids is 1. The van der Waals surface area contributed by atoms with Crippen LogP contribution in [0.3, 0.4) is 0 Å². The highest BCUT2D eigenvalue weighted by molar-refractivity contribution is 6.00. The maximum Gasteiger partial charge on any atom is 0.193 e. The second-order valence-corrected chi connectivity index (χ2v) is 4.58. The summed E-state index contributed by atoms with van der Waals surface area (Å²) >= 11 is 0. The number of ketones is 1. The molecular weight excluding hydrogens is 242 g/mol. The molecule has 0 saturated carbocycles. The molecule has 0 amide bonds. The largest absolute Gasteiger partial charge is 0.494 e. The molecule has 0 N–H and O–H groups in total. The van der Waals surface area contributed by atoms with Gasteiger partial charge in [0.05, 0.1) is 13.2 Å². The molecule has 4 heteroatoms. The first-order valence-corrected chi connectivity index (χ1v) is 6.85. The van der Waals surface area contributed by atoms with Gasteiger partial charge in [0.1, 0.15) is 11.9 Å². The van der Waals surface area contributed by atoms with Gasteiger partial charge in [-0.1, -0.05) is 19.1 Å². The van der Waals surface area contributed by atoms with Crippen molar-refractivity contribution in [3.8, 4) is 5.75 Å². The minimum atomic E-state index is -0.356. The van der Waals surface area contributed by atoms with E-state index in [4.69, 9.17) is 9.47 Å². The number of morpholine rings is 1. The highest BCUT2D eigenvalue weighted by Gasteiger charge is 2.26. The highest BCUT2D eigenvalue weighted by Crippen LogP contribution is 2.17. The molecule has 1 unspecified atom stereocenters. The lowest BCUT2D eigenvalue weighted by Crippen LogP contribution is -2.45. The van der Waals surface area contributed by atoms with Crippen LogP contribution >= 0.6 is 0 Å². The molecule has 0 aliphatic carbocycles. The Morgan fingerprint density at radius 1 is 1.47 bits per heavy atom. The molecule has 1 aliphatic heterocycles. The lowest BCUT2D eigenvalue weighted by molar-refractivity contribution is -0.0148. The molecule has 1 aromatic carbocycles. The Morgan fingerprint density at radius 3 is 3.05 bits per heavy atom. The smallest absolute Gasteiger partial charge is 0.193 e. The summed E-state index contributed by atoms with van der Waals surface area (Å²) in [5.41, 5.74) is 0.661. The molecule has 0 aromatic heterocycles. The second-order valence-electron chi connectivity index (χ2n) is 4.58. The Kier molecular flexibility index (Phi) is 4.93. The summed E-state index contributed by atoms with van der Waals surface area (Å²) < 4.78 is 11.0. The van der Waals surface area contributed by atoms with Crippen molar-refractivity contribution in [3.05, 3.63) is 29.8 Å². The lowest BCUT2D eigenvalue weighted by Gasteiger charge is -2.31. The summed E-state index contributed by atoms with van der Waals surface area (Å²) in [5.74, 6) is 0.774. The van der Waals surface area contributed by atoms with E-state index in [1.807, 2.05) is 25.1 Å². The number of ether oxygens (including phenoxy) is 2. The Bertz CT molecular complexity index is 433. The Hall–Kier alpha value is -1.39. The maximum absolute atomic E-state index is 12.4. The predicted octanol–water partition coefficient (Wildman–Crippen LogP) is 1.99. The van der Waals surface area contributed by atoms with Crippen molar-refractivity contribution in [1.82, 2.24) is 4.90 Å². The first-order valence-electron chi connectivity index (χ1n) is 6.85. The van der Waals surface area contributed by atoms with Gasteiger partial charge in [0.15, 0.2) is 5.78 Å². The average molecular weight is 263 g/mol. The van der Waals surface area contributed by atoms with Crippen LogP contribution in [0, 0.1) is 0 Å². The van der Waals surface area contributed by atoms with Crippen LogP contribution in [0.25, 0.3) is 0 Å². The van der Waals surface area contributed by atoms with E-state index in [2.05, 4.69) is 11.8 Å².